The molecule has 0 unspecified atom stereocenters. The van der Waals surface area contributed by atoms with Crippen LogP contribution in [0.15, 0.2) is 16.7 Å². The van der Waals surface area contributed by atoms with E-state index in [0.717, 1.165) is 0 Å². The van der Waals surface area contributed by atoms with Gasteiger partial charge in [0.25, 0.3) is 0 Å². The topological polar surface area (TPSA) is 86.0 Å². The Morgan fingerprint density at radius 1 is 1.47 bits per heavy atom. The summed E-state index contributed by atoms with van der Waals surface area (Å²) in [6, 6.07) is 1.28. The highest BCUT2D eigenvalue weighted by Crippen LogP contribution is 2.26. The van der Waals surface area contributed by atoms with Gasteiger partial charge in [-0.25, -0.2) is 9.37 Å². The number of anilines is 1. The Morgan fingerprint density at radius 2 is 2.12 bits per heavy atom. The zero-order valence-corrected chi connectivity index (χ0v) is 10.1. The molecule has 0 radical (unpaired) electrons. The summed E-state index contributed by atoms with van der Waals surface area (Å²) in [7, 11) is 0. The lowest BCUT2D eigenvalue weighted by molar-refractivity contribution is -0.466. The molecule has 1 aromatic rings. The molecule has 3 N–H and O–H groups in total. The van der Waals surface area contributed by atoms with E-state index in [1.165, 1.54) is 12.3 Å². The largest absolute Gasteiger partial charge is 0.405 e. The first-order valence-electron chi connectivity index (χ1n) is 4.76. The number of aromatic nitrogens is 1. The minimum Gasteiger partial charge on any atom is -0.349 e. The van der Waals surface area contributed by atoms with Gasteiger partial charge in [0, 0.05) is 23.8 Å². The van der Waals surface area contributed by atoms with Crippen molar-refractivity contribution in [3.05, 3.63) is 22.6 Å². The molecular weight excluding hydrogens is 299 g/mol. The number of rotatable bonds is 3. The summed E-state index contributed by atoms with van der Waals surface area (Å²) in [6.45, 7) is 0.434. The Hall–Kier alpha value is -0.800. The Morgan fingerprint density at radius 3 is 2.65 bits per heavy atom. The molecule has 0 spiro atoms. The minimum absolute atomic E-state index is 0.160. The van der Waals surface area contributed by atoms with E-state index in [4.69, 9.17) is 15.3 Å². The number of halogens is 2. The molecule has 1 saturated heterocycles. The van der Waals surface area contributed by atoms with Gasteiger partial charge in [-0.1, -0.05) is 0 Å². The molecule has 0 aromatic carbocycles. The van der Waals surface area contributed by atoms with Crippen molar-refractivity contribution in [3.8, 4) is 0 Å². The van der Waals surface area contributed by atoms with E-state index < -0.39 is 18.1 Å². The maximum atomic E-state index is 13.5. The van der Waals surface area contributed by atoms with Crippen LogP contribution >= 0.6 is 15.9 Å². The quantitative estimate of drug-likeness (QED) is 0.669. The maximum Gasteiger partial charge on any atom is 0.405 e. The molecule has 1 aromatic heterocycles. The fourth-order valence-electron chi connectivity index (χ4n) is 1.55. The number of hydrogen-bond donors (Lipinski definition) is 3. The normalized spacial score (nSPS) is 17.1. The van der Waals surface area contributed by atoms with Crippen LogP contribution < -0.4 is 4.90 Å². The second-order valence-electron chi connectivity index (χ2n) is 3.68. The molecule has 1 fully saturated rings. The van der Waals surface area contributed by atoms with Gasteiger partial charge in [-0.15, -0.1) is 0 Å². The van der Waals surface area contributed by atoms with Gasteiger partial charge < -0.3 is 20.2 Å². The van der Waals surface area contributed by atoms with E-state index in [1.807, 2.05) is 0 Å². The van der Waals surface area contributed by atoms with Gasteiger partial charge in [0.1, 0.15) is 6.10 Å². The Kier molecular flexibility index (Phi) is 3.32. The molecule has 17 heavy (non-hydrogen) atoms. The number of nitrogens with zero attached hydrogens (tertiary/aromatic N) is 2. The van der Waals surface area contributed by atoms with Crippen molar-refractivity contribution < 1.29 is 24.4 Å². The summed E-state index contributed by atoms with van der Waals surface area (Å²) in [5.74, 6) is -0.325. The van der Waals surface area contributed by atoms with E-state index in [2.05, 4.69) is 25.7 Å². The van der Waals surface area contributed by atoms with Gasteiger partial charge in [-0.05, 0) is 22.0 Å². The Bertz CT molecular complexity index is 420. The summed E-state index contributed by atoms with van der Waals surface area (Å²) in [4.78, 5) is 5.45. The van der Waals surface area contributed by atoms with Crippen LogP contribution in [0.1, 0.15) is 0 Å². The standard InChI is InChI=1S/C9H10BrFN2O4/c10-5-1-7(11)8(12-2-5)13-3-6(4-13)17-9(14,15)16/h1-2,6,14-16H,3-4H2. The van der Waals surface area contributed by atoms with Crippen molar-refractivity contribution in [2.75, 3.05) is 18.0 Å². The number of pyridine rings is 1. The van der Waals surface area contributed by atoms with Gasteiger partial charge in [-0.3, -0.25) is 4.74 Å². The number of hydrogen-bond acceptors (Lipinski definition) is 6. The lowest BCUT2D eigenvalue weighted by Gasteiger charge is -2.40. The van der Waals surface area contributed by atoms with Crippen LogP contribution in [0.4, 0.5) is 10.2 Å². The minimum atomic E-state index is -3.15. The molecule has 2 heterocycles. The van der Waals surface area contributed by atoms with E-state index in [9.17, 15) is 4.39 Å². The van der Waals surface area contributed by atoms with Crippen LogP contribution in [0.25, 0.3) is 0 Å². The van der Waals surface area contributed by atoms with Crippen LogP contribution in [-0.4, -0.2) is 45.7 Å². The third kappa shape index (κ3) is 3.11. The molecule has 6 nitrogen and oxygen atoms in total. The molecule has 0 atom stereocenters. The van der Waals surface area contributed by atoms with E-state index in [1.54, 1.807) is 4.90 Å². The molecule has 94 valence electrons. The monoisotopic (exact) mass is 308 g/mol. The molecule has 1 aliphatic rings. The molecule has 2 rings (SSSR count). The fraction of sp³-hybridized carbons (Fsp3) is 0.444. The van der Waals surface area contributed by atoms with Gasteiger partial charge >= 0.3 is 6.16 Å². The van der Waals surface area contributed by atoms with Gasteiger partial charge in [-0.2, -0.15) is 0 Å². The lowest BCUT2D eigenvalue weighted by Crippen LogP contribution is -2.56. The highest BCUT2D eigenvalue weighted by atomic mass is 79.9. The second-order valence-corrected chi connectivity index (χ2v) is 4.59. The molecule has 0 bridgehead atoms. The smallest absolute Gasteiger partial charge is 0.349 e. The van der Waals surface area contributed by atoms with Crippen molar-refractivity contribution in [1.82, 2.24) is 4.98 Å². The average Bonchev–Trinajstić information content (AvgIpc) is 2.10. The van der Waals surface area contributed by atoms with Gasteiger partial charge in [0.2, 0.25) is 0 Å². The Labute approximate surface area is 104 Å². The average molecular weight is 309 g/mol. The first-order valence-corrected chi connectivity index (χ1v) is 5.55. The molecule has 0 amide bonds. The molecular formula is C9H10BrFN2O4. The van der Waals surface area contributed by atoms with Crippen LogP contribution in [0, 0.1) is 5.82 Å². The van der Waals surface area contributed by atoms with Crippen molar-refractivity contribution in [3.63, 3.8) is 0 Å². The predicted molar refractivity (Wildman–Crippen MR) is 58.4 cm³/mol. The van der Waals surface area contributed by atoms with E-state index in [0.29, 0.717) is 4.47 Å². The Balaban J connectivity index is 1.95. The summed E-state index contributed by atoms with van der Waals surface area (Å²) in [6.07, 6.45) is -2.27. The number of ether oxygens (including phenoxy) is 1. The molecule has 1 aliphatic heterocycles. The van der Waals surface area contributed by atoms with E-state index >= 15 is 0 Å². The summed E-state index contributed by atoms with van der Waals surface area (Å²) in [5, 5.41) is 25.7. The SMILES string of the molecule is OC(O)(O)OC1CN(c2ncc(Br)cc2F)C1. The van der Waals surface area contributed by atoms with Gasteiger partial charge in [0.05, 0.1) is 0 Å². The summed E-state index contributed by atoms with van der Waals surface area (Å²) < 4.78 is 18.5. The van der Waals surface area contributed by atoms with Gasteiger partial charge in [0.15, 0.2) is 11.6 Å². The second kappa shape index (κ2) is 4.46. The molecule has 0 aliphatic carbocycles. The van der Waals surface area contributed by atoms with Crippen LogP contribution in [0.2, 0.25) is 0 Å². The third-order valence-electron chi connectivity index (χ3n) is 2.26. The zero-order chi connectivity index (χ0) is 12.6. The lowest BCUT2D eigenvalue weighted by atomic mass is 10.1. The highest BCUT2D eigenvalue weighted by Gasteiger charge is 2.36. The maximum absolute atomic E-state index is 13.5. The van der Waals surface area contributed by atoms with Crippen LogP contribution in [0.3, 0.4) is 0 Å². The number of aliphatic hydroxyl groups is 3. The van der Waals surface area contributed by atoms with Crippen molar-refractivity contribution in [2.45, 2.75) is 12.3 Å². The molecule has 8 heteroatoms. The zero-order valence-electron chi connectivity index (χ0n) is 8.55. The van der Waals surface area contributed by atoms with Crippen molar-refractivity contribution in [1.29, 1.82) is 0 Å². The predicted octanol–water partition coefficient (Wildman–Crippen LogP) is -0.223. The summed E-state index contributed by atoms with van der Waals surface area (Å²) >= 11 is 3.09. The van der Waals surface area contributed by atoms with E-state index in [-0.39, 0.29) is 18.9 Å². The van der Waals surface area contributed by atoms with Crippen molar-refractivity contribution in [2.24, 2.45) is 0 Å². The summed E-state index contributed by atoms with van der Waals surface area (Å²) in [5.41, 5.74) is 0. The highest BCUT2D eigenvalue weighted by molar-refractivity contribution is 9.10. The first kappa shape index (κ1) is 12.7. The third-order valence-corrected chi connectivity index (χ3v) is 2.69. The van der Waals surface area contributed by atoms with Crippen LogP contribution in [0.5, 0.6) is 0 Å². The first-order chi connectivity index (χ1) is 7.85. The fourth-order valence-corrected chi connectivity index (χ4v) is 1.85. The molecule has 0 saturated carbocycles. The van der Waals surface area contributed by atoms with Crippen molar-refractivity contribution >= 4 is 21.7 Å². The van der Waals surface area contributed by atoms with Crippen LogP contribution in [-0.2, 0) is 4.74 Å².